The van der Waals surface area contributed by atoms with Gasteiger partial charge >= 0.3 is 0 Å². The normalized spacial score (nSPS) is 22.2. The third kappa shape index (κ3) is 2.81. The van der Waals surface area contributed by atoms with Gasteiger partial charge in [0.05, 0.1) is 0 Å². The van der Waals surface area contributed by atoms with E-state index in [0.717, 1.165) is 16.7 Å². The molecule has 0 heterocycles. The summed E-state index contributed by atoms with van der Waals surface area (Å²) in [5.74, 6) is -1.30. The van der Waals surface area contributed by atoms with Crippen molar-refractivity contribution in [3.8, 4) is 34.5 Å². The summed E-state index contributed by atoms with van der Waals surface area (Å²) in [7, 11) is 0. The van der Waals surface area contributed by atoms with Crippen molar-refractivity contribution in [3.05, 3.63) is 106 Å². The van der Waals surface area contributed by atoms with Gasteiger partial charge in [-0.1, -0.05) is 24.3 Å². The lowest BCUT2D eigenvalue weighted by molar-refractivity contribution is 0.403. The maximum absolute atomic E-state index is 11.1. The summed E-state index contributed by atoms with van der Waals surface area (Å²) in [4.78, 5) is 0. The van der Waals surface area contributed by atoms with Crippen LogP contribution in [0.4, 0.5) is 0 Å². The Labute approximate surface area is 195 Å². The molecule has 34 heavy (non-hydrogen) atoms. The third-order valence-electron chi connectivity index (χ3n) is 7.30. The summed E-state index contributed by atoms with van der Waals surface area (Å²) < 4.78 is 0. The third-order valence-corrected chi connectivity index (χ3v) is 7.30. The van der Waals surface area contributed by atoms with E-state index in [9.17, 15) is 30.6 Å². The van der Waals surface area contributed by atoms with Gasteiger partial charge in [-0.25, -0.2) is 0 Å². The summed E-state index contributed by atoms with van der Waals surface area (Å²) in [6.07, 6.45) is 0. The molecule has 4 aromatic rings. The fourth-order valence-electron chi connectivity index (χ4n) is 6.15. The highest BCUT2D eigenvalue weighted by Crippen LogP contribution is 2.68. The van der Waals surface area contributed by atoms with Crippen LogP contribution in [0.1, 0.15) is 57.1 Å². The van der Waals surface area contributed by atoms with E-state index in [-0.39, 0.29) is 52.3 Å². The first kappa shape index (κ1) is 20.3. The molecule has 2 aliphatic carbocycles. The minimum Gasteiger partial charge on any atom is -0.508 e. The Morgan fingerprint density at radius 2 is 0.882 bits per heavy atom. The van der Waals surface area contributed by atoms with E-state index in [1.54, 1.807) is 48.5 Å². The van der Waals surface area contributed by atoms with Gasteiger partial charge in [0.2, 0.25) is 0 Å². The number of hydrogen-bond donors (Lipinski definition) is 6. The topological polar surface area (TPSA) is 121 Å². The average Bonchev–Trinajstić information content (AvgIpc) is 3.04. The van der Waals surface area contributed by atoms with Crippen LogP contribution in [0.25, 0.3) is 0 Å². The molecule has 4 aromatic carbocycles. The minimum absolute atomic E-state index is 0.0356. The molecule has 6 nitrogen and oxygen atoms in total. The van der Waals surface area contributed by atoms with E-state index in [1.807, 2.05) is 12.1 Å². The standard InChI is InChI=1S/C28H22O6/c29-15-5-1-13(2-6-15)23-19-9-17(31)11-21(33)25(19)27-20-10-18(32)12-22(34)26(20)28(23)24(27)14-3-7-16(30)8-4-14/h1-12,23-24,27-34H/t23?,24-,27+,28+/m1/s1. The van der Waals surface area contributed by atoms with Crippen LogP contribution < -0.4 is 0 Å². The van der Waals surface area contributed by atoms with E-state index in [0.29, 0.717) is 16.7 Å². The van der Waals surface area contributed by atoms with Crippen molar-refractivity contribution in [1.29, 1.82) is 0 Å². The number of phenolic OH excluding ortho intramolecular Hbond substituents is 6. The van der Waals surface area contributed by atoms with Gasteiger partial charge in [-0.3, -0.25) is 0 Å². The van der Waals surface area contributed by atoms with Gasteiger partial charge in [-0.2, -0.15) is 0 Å². The first-order chi connectivity index (χ1) is 16.3. The molecule has 6 heteroatoms. The first-order valence-electron chi connectivity index (χ1n) is 11.0. The van der Waals surface area contributed by atoms with Crippen molar-refractivity contribution >= 4 is 0 Å². The number of benzene rings is 4. The lowest BCUT2D eigenvalue weighted by atomic mass is 9.63. The molecule has 0 fully saturated rings. The number of hydrogen-bond acceptors (Lipinski definition) is 6. The molecule has 0 saturated carbocycles. The van der Waals surface area contributed by atoms with E-state index in [1.165, 1.54) is 12.1 Å². The monoisotopic (exact) mass is 454 g/mol. The van der Waals surface area contributed by atoms with Crippen LogP contribution in [0.3, 0.4) is 0 Å². The minimum atomic E-state index is -0.397. The predicted octanol–water partition coefficient (Wildman–Crippen LogP) is 5.08. The van der Waals surface area contributed by atoms with Crippen LogP contribution in [0.5, 0.6) is 34.5 Å². The first-order valence-corrected chi connectivity index (χ1v) is 11.0. The highest BCUT2D eigenvalue weighted by atomic mass is 16.3. The molecular weight excluding hydrogens is 432 g/mol. The SMILES string of the molecule is Oc1ccc(C2c3cc(O)cc(O)c3[C@H]3c4cc(O)cc(O)c4[C@@H]2[C@@H]3c2ccc(O)cc2)cc1. The molecule has 0 spiro atoms. The molecule has 4 atom stereocenters. The molecule has 6 N–H and O–H groups in total. The van der Waals surface area contributed by atoms with Gasteiger partial charge in [0.15, 0.2) is 0 Å². The molecule has 0 amide bonds. The summed E-state index contributed by atoms with van der Waals surface area (Å²) in [6, 6.07) is 19.6. The van der Waals surface area contributed by atoms with E-state index in [4.69, 9.17) is 0 Å². The van der Waals surface area contributed by atoms with Gasteiger partial charge in [-0.05, 0) is 58.7 Å². The molecule has 2 aliphatic rings. The van der Waals surface area contributed by atoms with E-state index >= 15 is 0 Å². The quantitative estimate of drug-likeness (QED) is 0.251. The second-order valence-electron chi connectivity index (χ2n) is 9.13. The molecule has 6 rings (SSSR count). The zero-order chi connectivity index (χ0) is 23.7. The molecule has 0 saturated heterocycles. The molecule has 0 aliphatic heterocycles. The van der Waals surface area contributed by atoms with Crippen molar-refractivity contribution in [1.82, 2.24) is 0 Å². The number of fused-ring (bicyclic) bond motifs is 7. The summed E-state index contributed by atoms with van der Waals surface area (Å²) in [5, 5.41) is 62.6. The number of phenols is 6. The predicted molar refractivity (Wildman–Crippen MR) is 125 cm³/mol. The van der Waals surface area contributed by atoms with Crippen LogP contribution in [0, 0.1) is 0 Å². The fraction of sp³-hybridized carbons (Fsp3) is 0.143. The van der Waals surface area contributed by atoms with Crippen molar-refractivity contribution in [2.24, 2.45) is 0 Å². The van der Waals surface area contributed by atoms with Gasteiger partial charge in [-0.15, -0.1) is 0 Å². The van der Waals surface area contributed by atoms with Gasteiger partial charge in [0.1, 0.15) is 34.5 Å². The van der Waals surface area contributed by atoms with Gasteiger partial charge in [0, 0.05) is 46.9 Å². The zero-order valence-electron chi connectivity index (χ0n) is 17.9. The van der Waals surface area contributed by atoms with Crippen LogP contribution >= 0.6 is 0 Å². The molecule has 0 aromatic heterocycles. The summed E-state index contributed by atoms with van der Waals surface area (Å²) >= 11 is 0. The van der Waals surface area contributed by atoms with Crippen LogP contribution in [-0.2, 0) is 0 Å². The largest absolute Gasteiger partial charge is 0.508 e. The maximum atomic E-state index is 11.1. The lowest BCUT2D eigenvalue weighted by Crippen LogP contribution is -2.26. The maximum Gasteiger partial charge on any atom is 0.123 e. The van der Waals surface area contributed by atoms with Gasteiger partial charge < -0.3 is 30.6 Å². The Morgan fingerprint density at radius 1 is 0.412 bits per heavy atom. The molecule has 170 valence electrons. The Bertz CT molecular complexity index is 1430. The Hall–Kier alpha value is -4.32. The molecule has 0 radical (unpaired) electrons. The zero-order valence-corrected chi connectivity index (χ0v) is 17.9. The summed E-state index contributed by atoms with van der Waals surface area (Å²) in [6.45, 7) is 0. The summed E-state index contributed by atoms with van der Waals surface area (Å²) in [5.41, 5.74) is 4.48. The van der Waals surface area contributed by atoms with Crippen molar-refractivity contribution < 1.29 is 30.6 Å². The lowest BCUT2D eigenvalue weighted by Gasteiger charge is -2.40. The van der Waals surface area contributed by atoms with Crippen LogP contribution in [0.15, 0.2) is 72.8 Å². The highest BCUT2D eigenvalue weighted by Gasteiger charge is 2.53. The van der Waals surface area contributed by atoms with E-state index < -0.39 is 5.92 Å². The smallest absolute Gasteiger partial charge is 0.123 e. The number of rotatable bonds is 2. The second-order valence-corrected chi connectivity index (χ2v) is 9.13. The van der Waals surface area contributed by atoms with Crippen molar-refractivity contribution in [2.75, 3.05) is 0 Å². The molecule has 2 bridgehead atoms. The second kappa shape index (κ2) is 7.09. The Balaban J connectivity index is 1.72. The molecule has 1 unspecified atom stereocenters. The molecular formula is C28H22O6. The Kier molecular flexibility index (Phi) is 4.23. The van der Waals surface area contributed by atoms with Gasteiger partial charge in [0.25, 0.3) is 0 Å². The average molecular weight is 454 g/mol. The fourth-order valence-corrected chi connectivity index (χ4v) is 6.15. The van der Waals surface area contributed by atoms with E-state index in [2.05, 4.69) is 0 Å². The van der Waals surface area contributed by atoms with Crippen molar-refractivity contribution in [3.63, 3.8) is 0 Å². The number of aromatic hydroxyl groups is 6. The Morgan fingerprint density at radius 3 is 1.44 bits per heavy atom. The van der Waals surface area contributed by atoms with Crippen LogP contribution in [-0.4, -0.2) is 30.6 Å². The van der Waals surface area contributed by atoms with Crippen LogP contribution in [0.2, 0.25) is 0 Å². The van der Waals surface area contributed by atoms with Crippen molar-refractivity contribution in [2.45, 2.75) is 23.7 Å². The highest BCUT2D eigenvalue weighted by molar-refractivity contribution is 5.68.